The Balaban J connectivity index is 1.23. The molecule has 0 aliphatic heterocycles. The lowest BCUT2D eigenvalue weighted by atomic mass is 10.1. The summed E-state index contributed by atoms with van der Waals surface area (Å²) in [6.45, 7) is 0.485. The highest BCUT2D eigenvalue weighted by atomic mass is 16.1. The quantitative estimate of drug-likeness (QED) is 0.424. The van der Waals surface area contributed by atoms with E-state index in [1.54, 1.807) is 0 Å². The zero-order valence-electron chi connectivity index (χ0n) is 17.4. The van der Waals surface area contributed by atoms with E-state index >= 15 is 0 Å². The fraction of sp³-hybridized carbons (Fsp3) is 0.154. The standard InChI is InChI=1S/C26H24N4O/c1-30-24-9-5-4-8-23(24)28-25(30)15-12-18-10-13-21(14-11-18)27-17-20-16-19-6-2-3-7-22(19)29-26(20)31/h2-11,13-14,16,27H,12,15,17H2,1H3,(H,29,31). The summed E-state index contributed by atoms with van der Waals surface area (Å²) in [5, 5.41) is 4.40. The van der Waals surface area contributed by atoms with Gasteiger partial charge in [0.15, 0.2) is 0 Å². The summed E-state index contributed by atoms with van der Waals surface area (Å²) >= 11 is 0. The van der Waals surface area contributed by atoms with Gasteiger partial charge in [0.1, 0.15) is 5.82 Å². The lowest BCUT2D eigenvalue weighted by Gasteiger charge is -2.08. The molecule has 2 aromatic heterocycles. The van der Waals surface area contributed by atoms with Gasteiger partial charge in [0.2, 0.25) is 0 Å². The lowest BCUT2D eigenvalue weighted by Crippen LogP contribution is -2.15. The molecule has 5 aromatic rings. The van der Waals surface area contributed by atoms with Crippen molar-refractivity contribution in [1.29, 1.82) is 0 Å². The van der Waals surface area contributed by atoms with Crippen LogP contribution >= 0.6 is 0 Å². The van der Waals surface area contributed by atoms with Crippen molar-refractivity contribution in [2.45, 2.75) is 19.4 Å². The minimum atomic E-state index is -0.0507. The molecule has 0 atom stereocenters. The molecule has 31 heavy (non-hydrogen) atoms. The second-order valence-corrected chi connectivity index (χ2v) is 7.84. The van der Waals surface area contributed by atoms with Crippen molar-refractivity contribution in [2.24, 2.45) is 7.05 Å². The van der Waals surface area contributed by atoms with Crippen LogP contribution in [-0.2, 0) is 26.4 Å². The molecule has 5 heteroatoms. The van der Waals surface area contributed by atoms with Gasteiger partial charge in [0.05, 0.1) is 11.0 Å². The second kappa shape index (κ2) is 8.11. The van der Waals surface area contributed by atoms with Gasteiger partial charge in [-0.1, -0.05) is 42.5 Å². The van der Waals surface area contributed by atoms with Crippen molar-refractivity contribution in [3.8, 4) is 0 Å². The molecule has 3 aromatic carbocycles. The predicted molar refractivity (Wildman–Crippen MR) is 126 cm³/mol. The number of para-hydroxylation sites is 3. The molecule has 2 N–H and O–H groups in total. The maximum absolute atomic E-state index is 12.3. The number of hydrogen-bond acceptors (Lipinski definition) is 3. The fourth-order valence-corrected chi connectivity index (χ4v) is 3.99. The smallest absolute Gasteiger partial charge is 0.253 e. The van der Waals surface area contributed by atoms with Crippen LogP contribution < -0.4 is 10.9 Å². The number of H-pyrrole nitrogens is 1. The summed E-state index contributed by atoms with van der Waals surface area (Å²) in [6.07, 6.45) is 1.83. The van der Waals surface area contributed by atoms with Gasteiger partial charge in [-0.15, -0.1) is 0 Å². The van der Waals surface area contributed by atoms with E-state index in [-0.39, 0.29) is 5.56 Å². The molecular formula is C26H24N4O. The number of anilines is 1. The van der Waals surface area contributed by atoms with Crippen LogP contribution in [0.25, 0.3) is 21.9 Å². The van der Waals surface area contributed by atoms with E-state index < -0.39 is 0 Å². The summed E-state index contributed by atoms with van der Waals surface area (Å²) in [4.78, 5) is 20.0. The maximum atomic E-state index is 12.3. The van der Waals surface area contributed by atoms with Gasteiger partial charge in [-0.3, -0.25) is 4.79 Å². The topological polar surface area (TPSA) is 62.7 Å². The molecule has 0 fully saturated rings. The molecule has 0 bridgehead atoms. The molecule has 154 valence electrons. The molecule has 0 aliphatic carbocycles. The van der Waals surface area contributed by atoms with Gasteiger partial charge in [0, 0.05) is 36.8 Å². The summed E-state index contributed by atoms with van der Waals surface area (Å²) in [7, 11) is 2.08. The normalized spacial score (nSPS) is 11.3. The van der Waals surface area contributed by atoms with Crippen molar-refractivity contribution in [1.82, 2.24) is 14.5 Å². The molecule has 0 radical (unpaired) electrons. The summed E-state index contributed by atoms with van der Waals surface area (Å²) in [6, 6.07) is 26.4. The first kappa shape index (κ1) is 19.1. The van der Waals surface area contributed by atoms with Gasteiger partial charge >= 0.3 is 0 Å². The molecule has 0 saturated heterocycles. The third kappa shape index (κ3) is 3.94. The number of benzene rings is 3. The van der Waals surface area contributed by atoms with E-state index in [0.29, 0.717) is 6.54 Å². The first-order valence-corrected chi connectivity index (χ1v) is 10.5. The van der Waals surface area contributed by atoms with Crippen LogP contribution in [0.3, 0.4) is 0 Å². The Morgan fingerprint density at radius 3 is 2.55 bits per heavy atom. The molecule has 5 rings (SSSR count). The van der Waals surface area contributed by atoms with Crippen LogP contribution in [-0.4, -0.2) is 14.5 Å². The highest BCUT2D eigenvalue weighted by molar-refractivity contribution is 5.78. The summed E-state index contributed by atoms with van der Waals surface area (Å²) in [5.74, 6) is 1.10. The van der Waals surface area contributed by atoms with Gasteiger partial charge in [-0.2, -0.15) is 0 Å². The Morgan fingerprint density at radius 2 is 1.71 bits per heavy atom. The SMILES string of the molecule is Cn1c(CCc2ccc(NCc3cc4ccccc4[nH]c3=O)cc2)nc2ccccc21. The zero-order valence-corrected chi connectivity index (χ0v) is 17.4. The van der Waals surface area contributed by atoms with Gasteiger partial charge in [0.25, 0.3) is 5.56 Å². The van der Waals surface area contributed by atoms with Crippen LogP contribution in [0.2, 0.25) is 0 Å². The highest BCUT2D eigenvalue weighted by Crippen LogP contribution is 2.17. The van der Waals surface area contributed by atoms with E-state index in [0.717, 1.165) is 46.3 Å². The molecule has 0 amide bonds. The van der Waals surface area contributed by atoms with E-state index in [9.17, 15) is 4.79 Å². The lowest BCUT2D eigenvalue weighted by molar-refractivity contribution is 0.787. The Hall–Kier alpha value is -3.86. The van der Waals surface area contributed by atoms with Crippen molar-refractivity contribution in [3.63, 3.8) is 0 Å². The molecule has 0 saturated carbocycles. The van der Waals surface area contributed by atoms with Crippen molar-refractivity contribution in [2.75, 3.05) is 5.32 Å². The highest BCUT2D eigenvalue weighted by Gasteiger charge is 2.07. The van der Waals surface area contributed by atoms with E-state index in [1.165, 1.54) is 11.1 Å². The van der Waals surface area contributed by atoms with Crippen LogP contribution in [0.5, 0.6) is 0 Å². The number of aromatic nitrogens is 3. The molecule has 2 heterocycles. The zero-order chi connectivity index (χ0) is 21.2. The number of hydrogen-bond donors (Lipinski definition) is 2. The molecule has 0 aliphatic rings. The predicted octanol–water partition coefficient (Wildman–Crippen LogP) is 4.81. The van der Waals surface area contributed by atoms with Crippen molar-refractivity contribution < 1.29 is 0 Å². The van der Waals surface area contributed by atoms with E-state index in [4.69, 9.17) is 4.98 Å². The number of imidazole rings is 1. The minimum Gasteiger partial charge on any atom is -0.381 e. The van der Waals surface area contributed by atoms with Crippen LogP contribution in [0.4, 0.5) is 5.69 Å². The Kier molecular flexibility index (Phi) is 5.00. The molecular weight excluding hydrogens is 384 g/mol. The number of aryl methyl sites for hydroxylation is 3. The number of pyridine rings is 1. The number of nitrogens with one attached hydrogen (secondary N) is 2. The molecule has 0 spiro atoms. The van der Waals surface area contributed by atoms with Crippen molar-refractivity contribution in [3.05, 3.63) is 106 Å². The molecule has 5 nitrogen and oxygen atoms in total. The number of fused-ring (bicyclic) bond motifs is 2. The van der Waals surface area contributed by atoms with Crippen LogP contribution in [0.1, 0.15) is 17.0 Å². The Bertz CT molecular complexity index is 1410. The average Bonchev–Trinajstić information content (AvgIpc) is 3.12. The van der Waals surface area contributed by atoms with Crippen LogP contribution in [0, 0.1) is 0 Å². The summed E-state index contributed by atoms with van der Waals surface area (Å²) in [5.41, 5.74) is 6.01. The molecule has 0 unspecified atom stereocenters. The Labute approximate surface area is 180 Å². The third-order valence-corrected chi connectivity index (χ3v) is 5.78. The average molecular weight is 409 g/mol. The first-order chi connectivity index (χ1) is 15.2. The van der Waals surface area contributed by atoms with E-state index in [1.807, 2.05) is 42.5 Å². The fourth-order valence-electron chi connectivity index (χ4n) is 3.99. The third-order valence-electron chi connectivity index (χ3n) is 5.78. The first-order valence-electron chi connectivity index (χ1n) is 10.5. The van der Waals surface area contributed by atoms with Gasteiger partial charge in [-0.25, -0.2) is 4.98 Å². The Morgan fingerprint density at radius 1 is 0.935 bits per heavy atom. The minimum absolute atomic E-state index is 0.0507. The maximum Gasteiger partial charge on any atom is 0.253 e. The van der Waals surface area contributed by atoms with Crippen LogP contribution in [0.15, 0.2) is 83.7 Å². The number of rotatable bonds is 6. The second-order valence-electron chi connectivity index (χ2n) is 7.84. The number of aromatic amines is 1. The largest absolute Gasteiger partial charge is 0.381 e. The van der Waals surface area contributed by atoms with Gasteiger partial charge in [-0.05, 0) is 53.8 Å². The number of nitrogens with zero attached hydrogens (tertiary/aromatic N) is 2. The monoisotopic (exact) mass is 408 g/mol. The van der Waals surface area contributed by atoms with Crippen molar-refractivity contribution >= 4 is 27.6 Å². The summed E-state index contributed by atoms with van der Waals surface area (Å²) < 4.78 is 2.17. The van der Waals surface area contributed by atoms with Gasteiger partial charge < -0.3 is 14.9 Å². The van der Waals surface area contributed by atoms with E-state index in [2.05, 4.69) is 58.3 Å².